The van der Waals surface area contributed by atoms with Crippen molar-refractivity contribution in [1.82, 2.24) is 0 Å². The van der Waals surface area contributed by atoms with Gasteiger partial charge in [0.1, 0.15) is 10.0 Å². The van der Waals surface area contributed by atoms with Crippen LogP contribution in [0.1, 0.15) is 11.1 Å². The summed E-state index contributed by atoms with van der Waals surface area (Å²) < 4.78 is 10.8. The van der Waals surface area contributed by atoms with E-state index in [2.05, 4.69) is 4.99 Å². The van der Waals surface area contributed by atoms with Crippen molar-refractivity contribution in [2.75, 3.05) is 0 Å². The quantitative estimate of drug-likeness (QED) is 0.0790. The third kappa shape index (κ3) is 4.71. The predicted octanol–water partition coefficient (Wildman–Crippen LogP) is 8.00. The highest BCUT2D eigenvalue weighted by Crippen LogP contribution is 2.50. The van der Waals surface area contributed by atoms with Crippen LogP contribution in [0.2, 0.25) is 25.1 Å². The van der Waals surface area contributed by atoms with Gasteiger partial charge in [-0.05, 0) is 29.8 Å². The smallest absolute Gasteiger partial charge is 0.363 e. The van der Waals surface area contributed by atoms with E-state index in [1.807, 2.05) is 6.07 Å². The number of rotatable bonds is 5. The number of cyclic esters (lactones) is 1. The van der Waals surface area contributed by atoms with E-state index >= 15 is 0 Å². The summed E-state index contributed by atoms with van der Waals surface area (Å²) in [4.78, 5) is 27.4. The summed E-state index contributed by atoms with van der Waals surface area (Å²) in [7, 11) is 0. The minimum Gasteiger partial charge on any atom is -0.447 e. The summed E-state index contributed by atoms with van der Waals surface area (Å²) in [5.41, 5.74) is 0.447. The number of nitro benzene ring substituents is 1. The van der Waals surface area contributed by atoms with Crippen molar-refractivity contribution in [3.05, 3.63) is 101 Å². The number of carbonyl (C=O) groups is 1. The van der Waals surface area contributed by atoms with Crippen molar-refractivity contribution in [2.45, 2.75) is 0 Å². The number of carbonyl (C=O) groups excluding carboxylic acids is 1. The highest BCUT2D eigenvalue weighted by atomic mass is 35.5. The number of ether oxygens (including phenoxy) is 2. The normalized spacial score (nSPS) is 14.2. The van der Waals surface area contributed by atoms with Gasteiger partial charge in [-0.2, -0.15) is 0 Å². The van der Waals surface area contributed by atoms with E-state index in [-0.39, 0.29) is 48.2 Å². The number of nitro groups is 1. The SMILES string of the molecule is O=C1OC(c2ccccc2)=NC1=Cc1ccc(Oc2c(Cl)c(Cl)c(Cl)c(Cl)c2Cl)c([N+](=O)[O-])c1. The summed E-state index contributed by atoms with van der Waals surface area (Å²) in [5, 5.41) is 11.0. The first-order valence-corrected chi connectivity index (χ1v) is 11.1. The Hall–Kier alpha value is -2.81. The van der Waals surface area contributed by atoms with Crippen LogP contribution in [0, 0.1) is 10.1 Å². The van der Waals surface area contributed by atoms with Crippen LogP contribution in [0.3, 0.4) is 0 Å². The fourth-order valence-electron chi connectivity index (χ4n) is 2.91. The lowest BCUT2D eigenvalue weighted by molar-refractivity contribution is -0.385. The van der Waals surface area contributed by atoms with Crippen molar-refractivity contribution in [1.29, 1.82) is 0 Å². The molecule has 0 aromatic heterocycles. The largest absolute Gasteiger partial charge is 0.447 e. The van der Waals surface area contributed by atoms with Gasteiger partial charge in [0.2, 0.25) is 11.6 Å². The number of hydrogen-bond donors (Lipinski definition) is 0. The average Bonchev–Trinajstić information content (AvgIpc) is 3.20. The average molecular weight is 559 g/mol. The third-order valence-corrected chi connectivity index (χ3v) is 6.75. The highest BCUT2D eigenvalue weighted by Gasteiger charge is 2.26. The van der Waals surface area contributed by atoms with Gasteiger partial charge in [0.25, 0.3) is 0 Å². The Kier molecular flexibility index (Phi) is 7.02. The van der Waals surface area contributed by atoms with Crippen LogP contribution in [0.25, 0.3) is 6.08 Å². The van der Waals surface area contributed by atoms with E-state index in [4.69, 9.17) is 67.5 Å². The minimum atomic E-state index is -0.689. The number of benzene rings is 3. The molecule has 172 valence electrons. The van der Waals surface area contributed by atoms with Crippen LogP contribution in [-0.4, -0.2) is 16.8 Å². The molecule has 0 bridgehead atoms. The highest BCUT2D eigenvalue weighted by molar-refractivity contribution is 6.55. The maximum Gasteiger partial charge on any atom is 0.363 e. The van der Waals surface area contributed by atoms with E-state index in [0.29, 0.717) is 11.1 Å². The maximum atomic E-state index is 12.2. The van der Waals surface area contributed by atoms with E-state index < -0.39 is 16.6 Å². The standard InChI is InChI=1S/C22H9Cl5N2O5/c23-15-16(24)18(26)20(19(27)17(15)25)33-14-7-6-10(9-13(14)29(31)32)8-12-22(30)34-21(28-12)11-4-2-1-3-5-11/h1-9H. The lowest BCUT2D eigenvalue weighted by atomic mass is 10.1. The van der Waals surface area contributed by atoms with Crippen LogP contribution >= 0.6 is 58.0 Å². The van der Waals surface area contributed by atoms with Gasteiger partial charge in [-0.25, -0.2) is 9.79 Å². The van der Waals surface area contributed by atoms with Crippen LogP contribution in [0.5, 0.6) is 11.5 Å². The van der Waals surface area contributed by atoms with E-state index in [9.17, 15) is 14.9 Å². The molecule has 4 rings (SSSR count). The molecule has 1 heterocycles. The lowest BCUT2D eigenvalue weighted by Gasteiger charge is -2.13. The summed E-state index contributed by atoms with van der Waals surface area (Å²) in [6.45, 7) is 0. The molecule has 0 saturated carbocycles. The maximum absolute atomic E-state index is 12.2. The fraction of sp³-hybridized carbons (Fsp3) is 0. The Morgan fingerprint density at radius 1 is 0.912 bits per heavy atom. The number of nitrogens with zero attached hydrogens (tertiary/aromatic N) is 2. The monoisotopic (exact) mass is 556 g/mol. The van der Waals surface area contributed by atoms with Gasteiger partial charge < -0.3 is 9.47 Å². The Balaban J connectivity index is 1.71. The van der Waals surface area contributed by atoms with Crippen molar-refractivity contribution >= 4 is 81.6 Å². The number of aliphatic imine (C=N–C) groups is 1. The van der Waals surface area contributed by atoms with Crippen LogP contribution in [0.4, 0.5) is 5.69 Å². The lowest BCUT2D eigenvalue weighted by Crippen LogP contribution is -2.04. The third-order valence-electron chi connectivity index (χ3n) is 4.51. The molecule has 1 aliphatic heterocycles. The molecule has 0 aliphatic carbocycles. The predicted molar refractivity (Wildman–Crippen MR) is 132 cm³/mol. The van der Waals surface area contributed by atoms with Gasteiger partial charge in [0.05, 0.1) is 20.0 Å². The first-order valence-electron chi connectivity index (χ1n) is 9.23. The van der Waals surface area contributed by atoms with Gasteiger partial charge in [-0.15, -0.1) is 0 Å². The summed E-state index contributed by atoms with van der Waals surface area (Å²) in [5.74, 6) is -0.959. The Morgan fingerprint density at radius 2 is 1.53 bits per heavy atom. The molecule has 0 saturated heterocycles. The molecule has 0 amide bonds. The van der Waals surface area contributed by atoms with E-state index in [1.54, 1.807) is 24.3 Å². The molecule has 0 spiro atoms. The van der Waals surface area contributed by atoms with Gasteiger partial charge in [0.15, 0.2) is 11.4 Å². The zero-order chi connectivity index (χ0) is 24.6. The Bertz CT molecular complexity index is 1380. The van der Waals surface area contributed by atoms with Gasteiger partial charge in [-0.1, -0.05) is 82.3 Å². The van der Waals surface area contributed by atoms with Gasteiger partial charge in [-0.3, -0.25) is 10.1 Å². The molecule has 1 aliphatic rings. The minimum absolute atomic E-state index is 0.0239. The zero-order valence-electron chi connectivity index (χ0n) is 16.5. The Labute approximate surface area is 217 Å². The number of halogens is 5. The molecule has 0 fully saturated rings. The Morgan fingerprint density at radius 3 is 2.15 bits per heavy atom. The topological polar surface area (TPSA) is 91.0 Å². The second kappa shape index (κ2) is 9.82. The molecular formula is C22H9Cl5N2O5. The first-order chi connectivity index (χ1) is 16.2. The van der Waals surface area contributed by atoms with Crippen LogP contribution in [-0.2, 0) is 9.53 Å². The number of hydrogen-bond acceptors (Lipinski definition) is 6. The van der Waals surface area contributed by atoms with Crippen molar-refractivity contribution < 1.29 is 19.2 Å². The molecule has 7 nitrogen and oxygen atoms in total. The first kappa shape index (κ1) is 24.3. The van der Waals surface area contributed by atoms with Crippen LogP contribution < -0.4 is 4.74 Å². The van der Waals surface area contributed by atoms with Crippen molar-refractivity contribution in [2.24, 2.45) is 4.99 Å². The van der Waals surface area contributed by atoms with Gasteiger partial charge in [0, 0.05) is 11.6 Å². The fourth-order valence-corrected chi connectivity index (χ4v) is 4.11. The van der Waals surface area contributed by atoms with Crippen molar-refractivity contribution in [3.8, 4) is 11.5 Å². The molecule has 0 unspecified atom stereocenters. The van der Waals surface area contributed by atoms with E-state index in [0.717, 1.165) is 0 Å². The molecule has 3 aromatic rings. The number of esters is 1. The molecule has 3 aromatic carbocycles. The van der Waals surface area contributed by atoms with Crippen molar-refractivity contribution in [3.63, 3.8) is 0 Å². The van der Waals surface area contributed by atoms with Gasteiger partial charge >= 0.3 is 11.7 Å². The second-order valence-corrected chi connectivity index (χ2v) is 8.58. The summed E-state index contributed by atoms with van der Waals surface area (Å²) in [6, 6.07) is 12.8. The second-order valence-electron chi connectivity index (χ2n) is 6.69. The molecule has 34 heavy (non-hydrogen) atoms. The molecule has 12 heteroatoms. The molecule has 0 N–H and O–H groups in total. The summed E-state index contributed by atoms with van der Waals surface area (Å²) >= 11 is 30.3. The van der Waals surface area contributed by atoms with Crippen LogP contribution in [0.15, 0.2) is 59.2 Å². The van der Waals surface area contributed by atoms with E-state index in [1.165, 1.54) is 24.3 Å². The molecule has 0 atom stereocenters. The molecular weight excluding hydrogens is 550 g/mol. The zero-order valence-corrected chi connectivity index (χ0v) is 20.3. The summed E-state index contributed by atoms with van der Waals surface area (Å²) in [6.07, 6.45) is 1.35. The molecule has 0 radical (unpaired) electrons.